The predicted molar refractivity (Wildman–Crippen MR) is 76.7 cm³/mol. The molecule has 2 N–H and O–H groups in total. The number of hydrogen-bond acceptors (Lipinski definition) is 3. The highest BCUT2D eigenvalue weighted by atomic mass is 15.4. The molecule has 1 aromatic heterocycles. The van der Waals surface area contributed by atoms with Crippen LogP contribution in [0.3, 0.4) is 0 Å². The van der Waals surface area contributed by atoms with Crippen LogP contribution in [0.1, 0.15) is 30.0 Å². The van der Waals surface area contributed by atoms with Gasteiger partial charge in [0.2, 0.25) is 0 Å². The van der Waals surface area contributed by atoms with Gasteiger partial charge in [-0.15, -0.1) is 0 Å². The highest BCUT2D eigenvalue weighted by Gasteiger charge is 2.28. The Bertz CT molecular complexity index is 588. The molecular formula is C15H18N4. The number of fused-ring (bicyclic) bond motifs is 3. The SMILES string of the molecule is c1ccc(C2CCNc3c4c(nn32)NCCC4)cc1. The average molecular weight is 254 g/mol. The van der Waals surface area contributed by atoms with Gasteiger partial charge >= 0.3 is 0 Å². The van der Waals surface area contributed by atoms with Gasteiger partial charge in [-0.3, -0.25) is 0 Å². The van der Waals surface area contributed by atoms with Gasteiger partial charge in [0.05, 0.1) is 6.04 Å². The normalized spacial score (nSPS) is 20.9. The lowest BCUT2D eigenvalue weighted by Gasteiger charge is -2.26. The largest absolute Gasteiger partial charge is 0.370 e. The van der Waals surface area contributed by atoms with Gasteiger partial charge in [0.1, 0.15) is 5.82 Å². The molecule has 4 rings (SSSR count). The number of hydrogen-bond donors (Lipinski definition) is 2. The summed E-state index contributed by atoms with van der Waals surface area (Å²) in [5, 5.41) is 11.7. The Hall–Kier alpha value is -1.97. The third-order valence-corrected chi connectivity index (χ3v) is 4.09. The van der Waals surface area contributed by atoms with Crippen LogP contribution in [0.25, 0.3) is 0 Å². The maximum atomic E-state index is 4.79. The molecule has 1 unspecified atom stereocenters. The van der Waals surface area contributed by atoms with Gasteiger partial charge < -0.3 is 10.6 Å². The number of aromatic nitrogens is 2. The molecule has 0 amide bonds. The molecule has 2 aliphatic heterocycles. The summed E-state index contributed by atoms with van der Waals surface area (Å²) in [5.41, 5.74) is 2.72. The third kappa shape index (κ3) is 1.70. The van der Waals surface area contributed by atoms with Gasteiger partial charge in [0.25, 0.3) is 0 Å². The maximum absolute atomic E-state index is 4.79. The van der Waals surface area contributed by atoms with E-state index in [4.69, 9.17) is 5.10 Å². The molecular weight excluding hydrogens is 236 g/mol. The van der Waals surface area contributed by atoms with Crippen molar-refractivity contribution in [2.45, 2.75) is 25.3 Å². The first-order valence-corrected chi connectivity index (χ1v) is 7.07. The Morgan fingerprint density at radius 3 is 2.89 bits per heavy atom. The number of rotatable bonds is 1. The van der Waals surface area contributed by atoms with E-state index in [1.54, 1.807) is 0 Å². The van der Waals surface area contributed by atoms with Crippen LogP contribution in [0, 0.1) is 0 Å². The van der Waals surface area contributed by atoms with E-state index >= 15 is 0 Å². The molecule has 98 valence electrons. The molecule has 0 radical (unpaired) electrons. The summed E-state index contributed by atoms with van der Waals surface area (Å²) in [5.74, 6) is 2.30. The van der Waals surface area contributed by atoms with Gasteiger partial charge in [0.15, 0.2) is 5.82 Å². The lowest BCUT2D eigenvalue weighted by Crippen LogP contribution is -2.24. The van der Waals surface area contributed by atoms with Crippen molar-refractivity contribution in [3.63, 3.8) is 0 Å². The molecule has 2 aliphatic rings. The van der Waals surface area contributed by atoms with E-state index in [0.29, 0.717) is 6.04 Å². The highest BCUT2D eigenvalue weighted by molar-refractivity contribution is 5.62. The highest BCUT2D eigenvalue weighted by Crippen LogP contribution is 2.36. The Balaban J connectivity index is 1.81. The topological polar surface area (TPSA) is 41.9 Å². The van der Waals surface area contributed by atoms with Crippen LogP contribution in [0.4, 0.5) is 11.6 Å². The molecule has 4 heteroatoms. The van der Waals surface area contributed by atoms with E-state index in [0.717, 1.165) is 31.7 Å². The quantitative estimate of drug-likeness (QED) is 0.822. The number of nitrogens with zero attached hydrogens (tertiary/aromatic N) is 2. The van der Waals surface area contributed by atoms with Gasteiger partial charge in [-0.05, 0) is 24.8 Å². The van der Waals surface area contributed by atoms with E-state index in [1.807, 2.05) is 0 Å². The van der Waals surface area contributed by atoms with E-state index in [-0.39, 0.29) is 0 Å². The summed E-state index contributed by atoms with van der Waals surface area (Å²) in [7, 11) is 0. The minimum Gasteiger partial charge on any atom is -0.370 e. The van der Waals surface area contributed by atoms with E-state index in [9.17, 15) is 0 Å². The summed E-state index contributed by atoms with van der Waals surface area (Å²) in [6.07, 6.45) is 3.42. The number of nitrogens with one attached hydrogen (secondary N) is 2. The second-order valence-electron chi connectivity index (χ2n) is 5.29. The zero-order chi connectivity index (χ0) is 12.7. The molecule has 0 fully saturated rings. The van der Waals surface area contributed by atoms with Crippen molar-refractivity contribution in [1.82, 2.24) is 9.78 Å². The van der Waals surface area contributed by atoms with Crippen LogP contribution in [0.5, 0.6) is 0 Å². The molecule has 0 spiro atoms. The fourth-order valence-corrected chi connectivity index (χ4v) is 3.17. The second-order valence-corrected chi connectivity index (χ2v) is 5.29. The predicted octanol–water partition coefficient (Wildman–Crippen LogP) is 2.65. The summed E-state index contributed by atoms with van der Waals surface area (Å²) in [6, 6.07) is 11.1. The molecule has 1 aromatic carbocycles. The molecule has 1 atom stereocenters. The van der Waals surface area contributed by atoms with Crippen molar-refractivity contribution in [3.05, 3.63) is 41.5 Å². The van der Waals surface area contributed by atoms with Crippen molar-refractivity contribution in [2.75, 3.05) is 23.7 Å². The van der Waals surface area contributed by atoms with Crippen LogP contribution in [0.15, 0.2) is 30.3 Å². The fourth-order valence-electron chi connectivity index (χ4n) is 3.17. The first kappa shape index (κ1) is 10.9. The van der Waals surface area contributed by atoms with Crippen LogP contribution < -0.4 is 10.6 Å². The van der Waals surface area contributed by atoms with E-state index in [1.165, 1.54) is 23.4 Å². The van der Waals surface area contributed by atoms with Crippen molar-refractivity contribution < 1.29 is 0 Å². The number of benzene rings is 1. The van der Waals surface area contributed by atoms with Crippen molar-refractivity contribution >= 4 is 11.6 Å². The standard InChI is InChI=1S/C15H18N4/c1-2-5-11(6-3-1)13-8-10-17-15-12-7-4-9-16-14(12)18-19(13)15/h1-3,5-6,13,17H,4,7-10H2,(H,16,18). The summed E-state index contributed by atoms with van der Waals surface area (Å²) >= 11 is 0. The van der Waals surface area contributed by atoms with Crippen molar-refractivity contribution in [3.8, 4) is 0 Å². The maximum Gasteiger partial charge on any atom is 0.153 e. The van der Waals surface area contributed by atoms with Gasteiger partial charge in [-0.25, -0.2) is 4.68 Å². The Kier molecular flexibility index (Phi) is 2.47. The first-order chi connectivity index (χ1) is 9.43. The van der Waals surface area contributed by atoms with Crippen molar-refractivity contribution in [2.24, 2.45) is 0 Å². The Morgan fingerprint density at radius 1 is 1.11 bits per heavy atom. The minimum atomic E-state index is 0.366. The van der Waals surface area contributed by atoms with Gasteiger partial charge in [-0.2, -0.15) is 5.10 Å². The molecule has 0 saturated heterocycles. The van der Waals surface area contributed by atoms with Crippen LogP contribution >= 0.6 is 0 Å². The molecule has 2 aromatic rings. The lowest BCUT2D eigenvalue weighted by atomic mass is 10.0. The third-order valence-electron chi connectivity index (χ3n) is 4.09. The van der Waals surface area contributed by atoms with E-state index in [2.05, 4.69) is 45.6 Å². The molecule has 0 saturated carbocycles. The molecule has 19 heavy (non-hydrogen) atoms. The number of anilines is 2. The van der Waals surface area contributed by atoms with Crippen molar-refractivity contribution in [1.29, 1.82) is 0 Å². The van der Waals surface area contributed by atoms with Crippen LogP contribution in [0.2, 0.25) is 0 Å². The smallest absolute Gasteiger partial charge is 0.153 e. The summed E-state index contributed by atoms with van der Waals surface area (Å²) in [4.78, 5) is 0. The Morgan fingerprint density at radius 2 is 2.00 bits per heavy atom. The monoisotopic (exact) mass is 254 g/mol. The van der Waals surface area contributed by atoms with Gasteiger partial charge in [-0.1, -0.05) is 30.3 Å². The Labute approximate surface area is 112 Å². The summed E-state index contributed by atoms with van der Waals surface area (Å²) in [6.45, 7) is 2.07. The molecule has 4 nitrogen and oxygen atoms in total. The van der Waals surface area contributed by atoms with Crippen LogP contribution in [-0.2, 0) is 6.42 Å². The average Bonchev–Trinajstić information content (AvgIpc) is 2.87. The minimum absolute atomic E-state index is 0.366. The zero-order valence-corrected chi connectivity index (χ0v) is 10.9. The fraction of sp³-hybridized carbons (Fsp3) is 0.400. The molecule has 0 bridgehead atoms. The van der Waals surface area contributed by atoms with Gasteiger partial charge in [0, 0.05) is 18.7 Å². The van der Waals surface area contributed by atoms with Crippen LogP contribution in [-0.4, -0.2) is 22.9 Å². The molecule has 3 heterocycles. The molecule has 0 aliphatic carbocycles. The zero-order valence-electron chi connectivity index (χ0n) is 10.9. The summed E-state index contributed by atoms with van der Waals surface area (Å²) < 4.78 is 2.18. The van der Waals surface area contributed by atoms with E-state index < -0.39 is 0 Å². The second kappa shape index (κ2) is 4.30. The first-order valence-electron chi connectivity index (χ1n) is 7.07. The lowest BCUT2D eigenvalue weighted by molar-refractivity contribution is 0.483.